The van der Waals surface area contributed by atoms with E-state index in [1.807, 2.05) is 13.8 Å². The summed E-state index contributed by atoms with van der Waals surface area (Å²) in [5.41, 5.74) is 0. The molecule has 1 saturated heterocycles. The highest BCUT2D eigenvalue weighted by Crippen LogP contribution is 2.11. The van der Waals surface area contributed by atoms with Gasteiger partial charge in [-0.25, -0.2) is 0 Å². The second-order valence-corrected chi connectivity index (χ2v) is 9.24. The molecule has 9 heteroatoms. The van der Waals surface area contributed by atoms with Crippen molar-refractivity contribution in [2.45, 2.75) is 91.3 Å². The van der Waals surface area contributed by atoms with Gasteiger partial charge in [0.25, 0.3) is 5.91 Å². The molecule has 0 aromatic heterocycles. The summed E-state index contributed by atoms with van der Waals surface area (Å²) < 4.78 is 0. The highest BCUT2D eigenvalue weighted by Gasteiger charge is 2.31. The number of amides is 4. The van der Waals surface area contributed by atoms with Gasteiger partial charge in [-0.05, 0) is 56.9 Å². The van der Waals surface area contributed by atoms with E-state index in [4.69, 9.17) is 0 Å². The van der Waals surface area contributed by atoms with Gasteiger partial charge in [-0.3, -0.25) is 24.0 Å². The fourth-order valence-corrected chi connectivity index (χ4v) is 3.36. The van der Waals surface area contributed by atoms with Gasteiger partial charge in [0.15, 0.2) is 0 Å². The maximum atomic E-state index is 12.7. The summed E-state index contributed by atoms with van der Waals surface area (Å²) >= 11 is 0. The molecule has 0 saturated carbocycles. The van der Waals surface area contributed by atoms with Crippen LogP contribution in [0.5, 0.6) is 0 Å². The summed E-state index contributed by atoms with van der Waals surface area (Å²) in [5.74, 6) is -2.38. The minimum atomic E-state index is -1.09. The number of Topliss-reactive ketones (excluding diaryl/α,β-unsaturated/α-hetero) is 1. The van der Waals surface area contributed by atoms with Crippen molar-refractivity contribution in [1.82, 2.24) is 21.3 Å². The average molecular weight is 465 g/mol. The molecule has 1 aliphatic heterocycles. The van der Waals surface area contributed by atoms with Crippen molar-refractivity contribution in [3.63, 3.8) is 0 Å². The van der Waals surface area contributed by atoms with E-state index in [1.54, 1.807) is 6.08 Å². The lowest BCUT2D eigenvalue weighted by molar-refractivity contribution is -0.141. The predicted molar refractivity (Wildman–Crippen MR) is 126 cm³/mol. The predicted octanol–water partition coefficient (Wildman–Crippen LogP) is 1.37. The van der Waals surface area contributed by atoms with E-state index in [0.717, 1.165) is 19.3 Å². The lowest BCUT2D eigenvalue weighted by Gasteiger charge is -2.21. The zero-order valence-electron chi connectivity index (χ0n) is 20.5. The molecule has 0 radical (unpaired) electrons. The van der Waals surface area contributed by atoms with Crippen molar-refractivity contribution >= 4 is 29.4 Å². The fourth-order valence-electron chi connectivity index (χ4n) is 3.36. The zero-order valence-corrected chi connectivity index (χ0v) is 20.5. The summed E-state index contributed by atoms with van der Waals surface area (Å²) in [5, 5.41) is 10.5. The SMILES string of the molecule is CC[C@H](C)C[C@@H]1NC(=O)C(=O)[C@H](C)NC(=O)[C@@H](NC(=O)/C=C/CCC(C)C)CCCNC1=O. The Morgan fingerprint density at radius 2 is 1.82 bits per heavy atom. The average Bonchev–Trinajstić information content (AvgIpc) is 2.76. The summed E-state index contributed by atoms with van der Waals surface area (Å²) in [7, 11) is 0. The molecule has 186 valence electrons. The quantitative estimate of drug-likeness (QED) is 0.318. The molecule has 1 rings (SSSR count). The highest BCUT2D eigenvalue weighted by atomic mass is 16.2. The van der Waals surface area contributed by atoms with Crippen molar-refractivity contribution in [1.29, 1.82) is 0 Å². The Hall–Kier alpha value is -2.71. The van der Waals surface area contributed by atoms with Crippen LogP contribution >= 0.6 is 0 Å². The van der Waals surface area contributed by atoms with Crippen LogP contribution in [0.15, 0.2) is 12.2 Å². The van der Waals surface area contributed by atoms with Crippen molar-refractivity contribution in [2.24, 2.45) is 11.8 Å². The van der Waals surface area contributed by atoms with Gasteiger partial charge in [0.1, 0.15) is 12.1 Å². The Balaban J connectivity index is 2.91. The third-order valence-corrected chi connectivity index (χ3v) is 5.71. The summed E-state index contributed by atoms with van der Waals surface area (Å²) in [6.07, 6.45) is 6.82. The van der Waals surface area contributed by atoms with Crippen molar-refractivity contribution in [2.75, 3.05) is 6.54 Å². The van der Waals surface area contributed by atoms with Crippen LogP contribution in [0.4, 0.5) is 0 Å². The normalized spacial score (nSPS) is 24.2. The van der Waals surface area contributed by atoms with E-state index >= 15 is 0 Å². The van der Waals surface area contributed by atoms with Gasteiger partial charge in [-0.15, -0.1) is 0 Å². The third-order valence-electron chi connectivity index (χ3n) is 5.71. The lowest BCUT2D eigenvalue weighted by atomic mass is 9.98. The van der Waals surface area contributed by atoms with E-state index in [1.165, 1.54) is 13.0 Å². The summed E-state index contributed by atoms with van der Waals surface area (Å²) in [6.45, 7) is 9.84. The second kappa shape index (κ2) is 14.4. The molecule has 0 spiro atoms. The number of carbonyl (C=O) groups excluding carboxylic acids is 5. The Bertz CT molecular complexity index is 734. The van der Waals surface area contributed by atoms with Crippen LogP contribution in [0.1, 0.15) is 73.1 Å². The first-order valence-corrected chi connectivity index (χ1v) is 11.9. The molecule has 4 atom stereocenters. The number of allylic oxidation sites excluding steroid dienone is 1. The first-order valence-electron chi connectivity index (χ1n) is 11.9. The smallest absolute Gasteiger partial charge is 0.290 e. The van der Waals surface area contributed by atoms with E-state index in [9.17, 15) is 24.0 Å². The number of rotatable bonds is 8. The molecule has 9 nitrogen and oxygen atoms in total. The standard InChI is InChI=1S/C24H40N4O5/c1-6-16(4)14-19-22(31)25-13-9-11-18(27-20(29)12-8-7-10-15(2)3)23(32)26-17(5)21(30)24(33)28-19/h8,12,15-19H,6-7,9-11,13-14H2,1-5H3,(H,25,31)(H,26,32)(H,27,29)(H,28,33)/b12-8+/t16-,17-,18-,19-/m0/s1. The highest BCUT2D eigenvalue weighted by molar-refractivity contribution is 6.38. The Kier molecular flexibility index (Phi) is 12.4. The van der Waals surface area contributed by atoms with Crippen molar-refractivity contribution in [3.05, 3.63) is 12.2 Å². The Morgan fingerprint density at radius 3 is 2.45 bits per heavy atom. The molecule has 4 N–H and O–H groups in total. The first-order chi connectivity index (χ1) is 15.5. The van der Waals surface area contributed by atoms with Gasteiger partial charge in [0, 0.05) is 6.54 Å². The molecule has 0 bridgehead atoms. The topological polar surface area (TPSA) is 133 Å². The fraction of sp³-hybridized carbons (Fsp3) is 0.708. The van der Waals surface area contributed by atoms with Crippen molar-refractivity contribution in [3.8, 4) is 0 Å². The maximum Gasteiger partial charge on any atom is 0.290 e. The van der Waals surface area contributed by atoms with E-state index in [0.29, 0.717) is 18.8 Å². The van der Waals surface area contributed by atoms with Crippen LogP contribution < -0.4 is 21.3 Å². The van der Waals surface area contributed by atoms with Crippen LogP contribution in [-0.4, -0.2) is 54.1 Å². The van der Waals surface area contributed by atoms with E-state index < -0.39 is 41.6 Å². The molecule has 33 heavy (non-hydrogen) atoms. The second-order valence-electron chi connectivity index (χ2n) is 9.24. The van der Waals surface area contributed by atoms with E-state index in [-0.39, 0.29) is 24.8 Å². The third kappa shape index (κ3) is 10.6. The van der Waals surface area contributed by atoms with Crippen LogP contribution in [-0.2, 0) is 24.0 Å². The van der Waals surface area contributed by atoms with Crippen molar-refractivity contribution < 1.29 is 24.0 Å². The number of ketones is 1. The van der Waals surface area contributed by atoms with Gasteiger partial charge in [0.05, 0.1) is 6.04 Å². The van der Waals surface area contributed by atoms with Gasteiger partial charge in [-0.1, -0.05) is 40.2 Å². The zero-order chi connectivity index (χ0) is 25.0. The van der Waals surface area contributed by atoms with Gasteiger partial charge >= 0.3 is 0 Å². The molecule has 0 unspecified atom stereocenters. The molecule has 0 aromatic carbocycles. The van der Waals surface area contributed by atoms with Crippen LogP contribution in [0.2, 0.25) is 0 Å². The first kappa shape index (κ1) is 28.3. The van der Waals surface area contributed by atoms with Gasteiger partial charge in [-0.2, -0.15) is 0 Å². The van der Waals surface area contributed by atoms with Crippen LogP contribution in [0, 0.1) is 11.8 Å². The van der Waals surface area contributed by atoms with Gasteiger partial charge < -0.3 is 21.3 Å². The Labute approximate surface area is 196 Å². The molecule has 0 aliphatic carbocycles. The number of nitrogens with one attached hydrogen (secondary N) is 4. The number of carbonyl (C=O) groups is 5. The van der Waals surface area contributed by atoms with Crippen LogP contribution in [0.3, 0.4) is 0 Å². The molecule has 1 fully saturated rings. The molecule has 0 aromatic rings. The largest absolute Gasteiger partial charge is 0.354 e. The Morgan fingerprint density at radius 1 is 1.12 bits per heavy atom. The maximum absolute atomic E-state index is 12.7. The minimum Gasteiger partial charge on any atom is -0.354 e. The molecule has 4 amide bonds. The lowest BCUT2D eigenvalue weighted by Crippen LogP contribution is -2.54. The number of hydrogen-bond donors (Lipinski definition) is 4. The molecule has 1 aliphatic rings. The summed E-state index contributed by atoms with van der Waals surface area (Å²) in [6, 6.07) is -2.81. The molecular weight excluding hydrogens is 424 g/mol. The van der Waals surface area contributed by atoms with Gasteiger partial charge in [0.2, 0.25) is 23.5 Å². The monoisotopic (exact) mass is 464 g/mol. The summed E-state index contributed by atoms with van der Waals surface area (Å²) in [4.78, 5) is 62.6. The van der Waals surface area contributed by atoms with E-state index in [2.05, 4.69) is 35.1 Å². The number of hydrogen-bond acceptors (Lipinski definition) is 5. The molecule has 1 heterocycles. The molecular formula is C24H40N4O5. The van der Waals surface area contributed by atoms with Crippen LogP contribution in [0.25, 0.3) is 0 Å². The minimum absolute atomic E-state index is 0.178.